The van der Waals surface area contributed by atoms with Gasteiger partial charge in [0.2, 0.25) is 0 Å². The van der Waals surface area contributed by atoms with E-state index in [0.29, 0.717) is 11.3 Å². The second-order valence-electron chi connectivity index (χ2n) is 4.17. The molecular formula is C15H14FNO3. The van der Waals surface area contributed by atoms with Crippen molar-refractivity contribution in [3.05, 3.63) is 59.9 Å². The predicted octanol–water partition coefficient (Wildman–Crippen LogP) is 3.07. The molecule has 0 amide bonds. The number of methoxy groups -OCH3 is 1. The van der Waals surface area contributed by atoms with Crippen LogP contribution in [0.4, 0.5) is 10.1 Å². The van der Waals surface area contributed by atoms with Crippen LogP contribution in [0.5, 0.6) is 5.75 Å². The monoisotopic (exact) mass is 275 g/mol. The first kappa shape index (κ1) is 13.9. The van der Waals surface area contributed by atoms with E-state index in [-0.39, 0.29) is 5.69 Å². The zero-order chi connectivity index (χ0) is 14.5. The van der Waals surface area contributed by atoms with Gasteiger partial charge in [0.15, 0.2) is 6.04 Å². The van der Waals surface area contributed by atoms with Crippen molar-refractivity contribution in [2.45, 2.75) is 6.04 Å². The Morgan fingerprint density at radius 2 is 1.95 bits per heavy atom. The number of hydrogen-bond donors (Lipinski definition) is 2. The van der Waals surface area contributed by atoms with Crippen LogP contribution < -0.4 is 10.1 Å². The molecule has 0 bridgehead atoms. The zero-order valence-electron chi connectivity index (χ0n) is 10.8. The molecule has 20 heavy (non-hydrogen) atoms. The Morgan fingerprint density at radius 3 is 2.55 bits per heavy atom. The fourth-order valence-corrected chi connectivity index (χ4v) is 1.83. The lowest BCUT2D eigenvalue weighted by atomic mass is 10.1. The van der Waals surface area contributed by atoms with Crippen LogP contribution >= 0.6 is 0 Å². The van der Waals surface area contributed by atoms with E-state index in [0.717, 1.165) is 0 Å². The van der Waals surface area contributed by atoms with Crippen LogP contribution in [0, 0.1) is 5.82 Å². The second-order valence-corrected chi connectivity index (χ2v) is 4.17. The van der Waals surface area contributed by atoms with Gasteiger partial charge in [0.25, 0.3) is 0 Å². The first-order valence-electron chi connectivity index (χ1n) is 5.99. The van der Waals surface area contributed by atoms with E-state index >= 15 is 0 Å². The molecule has 104 valence electrons. The van der Waals surface area contributed by atoms with Crippen molar-refractivity contribution < 1.29 is 19.0 Å². The fourth-order valence-electron chi connectivity index (χ4n) is 1.83. The standard InChI is InChI=1S/C15H14FNO3/c1-20-11-7-8-12(16)13(9-11)17-14(15(18)19)10-5-3-2-4-6-10/h2-9,14,17H,1H3,(H,18,19). The third-order valence-corrected chi connectivity index (χ3v) is 2.85. The van der Waals surface area contributed by atoms with Crippen molar-refractivity contribution >= 4 is 11.7 Å². The number of halogens is 1. The van der Waals surface area contributed by atoms with Gasteiger partial charge in [0.05, 0.1) is 12.8 Å². The van der Waals surface area contributed by atoms with E-state index in [1.54, 1.807) is 30.3 Å². The molecule has 2 N–H and O–H groups in total. The molecule has 0 radical (unpaired) electrons. The van der Waals surface area contributed by atoms with Gasteiger partial charge in [-0.2, -0.15) is 0 Å². The van der Waals surface area contributed by atoms with E-state index < -0.39 is 17.8 Å². The Morgan fingerprint density at radius 1 is 1.25 bits per heavy atom. The predicted molar refractivity (Wildman–Crippen MR) is 73.4 cm³/mol. The summed E-state index contributed by atoms with van der Waals surface area (Å²) in [6.45, 7) is 0. The van der Waals surface area contributed by atoms with Gasteiger partial charge in [0, 0.05) is 6.07 Å². The van der Waals surface area contributed by atoms with Gasteiger partial charge in [-0.3, -0.25) is 0 Å². The van der Waals surface area contributed by atoms with Crippen LogP contribution in [0.15, 0.2) is 48.5 Å². The molecular weight excluding hydrogens is 261 g/mol. The Bertz CT molecular complexity index is 601. The minimum absolute atomic E-state index is 0.0839. The average Bonchev–Trinajstić information content (AvgIpc) is 2.47. The highest BCUT2D eigenvalue weighted by atomic mass is 19.1. The quantitative estimate of drug-likeness (QED) is 0.880. The first-order chi connectivity index (χ1) is 9.61. The molecule has 0 fully saturated rings. The van der Waals surface area contributed by atoms with Crippen LogP contribution in [0.25, 0.3) is 0 Å². The van der Waals surface area contributed by atoms with Crippen LogP contribution in [-0.2, 0) is 4.79 Å². The number of rotatable bonds is 5. The number of carbonyl (C=O) groups is 1. The normalized spacial score (nSPS) is 11.7. The summed E-state index contributed by atoms with van der Waals surface area (Å²) >= 11 is 0. The van der Waals surface area contributed by atoms with Gasteiger partial charge in [-0.05, 0) is 17.7 Å². The summed E-state index contributed by atoms with van der Waals surface area (Å²) in [6, 6.07) is 11.7. The number of aliphatic carboxylic acids is 1. The third-order valence-electron chi connectivity index (χ3n) is 2.85. The van der Waals surface area contributed by atoms with Crippen LogP contribution in [-0.4, -0.2) is 18.2 Å². The van der Waals surface area contributed by atoms with E-state index in [4.69, 9.17) is 4.74 Å². The molecule has 4 nitrogen and oxygen atoms in total. The van der Waals surface area contributed by atoms with Gasteiger partial charge in [-0.15, -0.1) is 0 Å². The zero-order valence-corrected chi connectivity index (χ0v) is 10.8. The molecule has 0 heterocycles. The van der Waals surface area contributed by atoms with E-state index in [1.165, 1.54) is 25.3 Å². The van der Waals surface area contributed by atoms with Crippen LogP contribution in [0.1, 0.15) is 11.6 Å². The number of hydrogen-bond acceptors (Lipinski definition) is 3. The van der Waals surface area contributed by atoms with Crippen molar-refractivity contribution in [1.29, 1.82) is 0 Å². The SMILES string of the molecule is COc1ccc(F)c(NC(C(=O)O)c2ccccc2)c1. The van der Waals surface area contributed by atoms with E-state index in [9.17, 15) is 14.3 Å². The van der Waals surface area contributed by atoms with Gasteiger partial charge >= 0.3 is 5.97 Å². The highest BCUT2D eigenvalue weighted by Gasteiger charge is 2.20. The number of benzene rings is 2. The molecule has 1 atom stereocenters. The molecule has 0 aliphatic carbocycles. The molecule has 0 aliphatic heterocycles. The van der Waals surface area contributed by atoms with Crippen molar-refractivity contribution in [3.63, 3.8) is 0 Å². The number of nitrogens with one attached hydrogen (secondary N) is 1. The van der Waals surface area contributed by atoms with Gasteiger partial charge in [-0.1, -0.05) is 30.3 Å². The van der Waals surface area contributed by atoms with Crippen LogP contribution in [0.3, 0.4) is 0 Å². The number of carboxylic acid groups (broad SMARTS) is 1. The molecule has 0 aliphatic rings. The maximum atomic E-state index is 13.7. The van der Waals surface area contributed by atoms with Crippen molar-refractivity contribution in [2.24, 2.45) is 0 Å². The largest absolute Gasteiger partial charge is 0.497 e. The lowest BCUT2D eigenvalue weighted by Gasteiger charge is -2.17. The summed E-state index contributed by atoms with van der Waals surface area (Å²) in [5.74, 6) is -1.17. The van der Waals surface area contributed by atoms with E-state index in [1.807, 2.05) is 0 Å². The van der Waals surface area contributed by atoms with E-state index in [2.05, 4.69) is 5.32 Å². The highest BCUT2D eigenvalue weighted by molar-refractivity contribution is 5.79. The Balaban J connectivity index is 2.32. The summed E-state index contributed by atoms with van der Waals surface area (Å²) in [7, 11) is 1.46. The summed E-state index contributed by atoms with van der Waals surface area (Å²) in [6.07, 6.45) is 0. The lowest BCUT2D eigenvalue weighted by molar-refractivity contribution is -0.138. The second kappa shape index (κ2) is 6.06. The average molecular weight is 275 g/mol. The Labute approximate surface area is 115 Å². The fraction of sp³-hybridized carbons (Fsp3) is 0.133. The minimum atomic E-state index is -1.08. The number of anilines is 1. The number of carboxylic acids is 1. The Kier molecular flexibility index (Phi) is 4.20. The summed E-state index contributed by atoms with van der Waals surface area (Å²) in [5, 5.41) is 12.0. The summed E-state index contributed by atoms with van der Waals surface area (Å²) in [5.41, 5.74) is 0.628. The third kappa shape index (κ3) is 3.06. The van der Waals surface area contributed by atoms with Crippen molar-refractivity contribution in [1.82, 2.24) is 0 Å². The van der Waals surface area contributed by atoms with Gasteiger partial charge in [0.1, 0.15) is 11.6 Å². The first-order valence-corrected chi connectivity index (χ1v) is 5.99. The molecule has 2 rings (SSSR count). The van der Waals surface area contributed by atoms with Gasteiger partial charge < -0.3 is 15.2 Å². The Hall–Kier alpha value is -2.56. The molecule has 0 spiro atoms. The van der Waals surface area contributed by atoms with Crippen LogP contribution in [0.2, 0.25) is 0 Å². The highest BCUT2D eigenvalue weighted by Crippen LogP contribution is 2.26. The molecule has 0 saturated heterocycles. The topological polar surface area (TPSA) is 58.6 Å². The summed E-state index contributed by atoms with van der Waals surface area (Å²) in [4.78, 5) is 11.4. The molecule has 2 aromatic carbocycles. The lowest BCUT2D eigenvalue weighted by Crippen LogP contribution is -2.21. The van der Waals surface area contributed by atoms with Crippen molar-refractivity contribution in [3.8, 4) is 5.75 Å². The smallest absolute Gasteiger partial charge is 0.330 e. The molecule has 5 heteroatoms. The molecule has 1 unspecified atom stereocenters. The summed E-state index contributed by atoms with van der Waals surface area (Å²) < 4.78 is 18.7. The number of ether oxygens (including phenoxy) is 1. The van der Waals surface area contributed by atoms with Crippen molar-refractivity contribution in [2.75, 3.05) is 12.4 Å². The van der Waals surface area contributed by atoms with Gasteiger partial charge in [-0.25, -0.2) is 9.18 Å². The molecule has 0 saturated carbocycles. The molecule has 2 aromatic rings. The maximum Gasteiger partial charge on any atom is 0.330 e. The molecule has 0 aromatic heterocycles. The maximum absolute atomic E-state index is 13.7. The minimum Gasteiger partial charge on any atom is -0.497 e.